The van der Waals surface area contributed by atoms with Crippen molar-refractivity contribution < 1.29 is 9.53 Å². The van der Waals surface area contributed by atoms with Gasteiger partial charge in [0.05, 0.1) is 12.5 Å². The fourth-order valence-electron chi connectivity index (χ4n) is 4.46. The number of ether oxygens (including phenoxy) is 1. The molecule has 1 amide bonds. The Morgan fingerprint density at radius 1 is 1.07 bits per heavy atom. The van der Waals surface area contributed by atoms with Crippen molar-refractivity contribution in [3.8, 4) is 5.75 Å². The molecule has 0 N–H and O–H groups in total. The first-order valence-corrected chi connectivity index (χ1v) is 11.3. The molecule has 150 valence electrons. The summed E-state index contributed by atoms with van der Waals surface area (Å²) in [5, 5.41) is 1.12. The Hall–Kier alpha value is -2.47. The van der Waals surface area contributed by atoms with Gasteiger partial charge in [0.2, 0.25) is 0 Å². The van der Waals surface area contributed by atoms with Gasteiger partial charge in [-0.2, -0.15) is 4.99 Å². The number of carbonyl (C=O) groups is 1. The molecule has 6 heteroatoms. The summed E-state index contributed by atoms with van der Waals surface area (Å²) in [4.78, 5) is 25.3. The summed E-state index contributed by atoms with van der Waals surface area (Å²) < 4.78 is 7.43. The Morgan fingerprint density at radius 2 is 1.86 bits per heavy atom. The highest BCUT2D eigenvalue weighted by atomic mass is 32.1. The number of aromatic nitrogens is 2. The summed E-state index contributed by atoms with van der Waals surface area (Å²) >= 11 is 1.81. The smallest absolute Gasteiger partial charge is 0.278 e. The van der Waals surface area contributed by atoms with Crippen molar-refractivity contribution in [1.82, 2.24) is 9.55 Å². The molecule has 0 bridgehead atoms. The third-order valence-corrected chi connectivity index (χ3v) is 7.19. The third kappa shape index (κ3) is 3.39. The second-order valence-electron chi connectivity index (χ2n) is 7.85. The lowest BCUT2D eigenvalue weighted by Gasteiger charge is -2.14. The number of amides is 1. The van der Waals surface area contributed by atoms with E-state index >= 15 is 0 Å². The number of hydrogen-bond donors (Lipinski definition) is 0. The number of benzene rings is 1. The van der Waals surface area contributed by atoms with E-state index in [4.69, 9.17) is 14.7 Å². The molecule has 0 fully saturated rings. The molecule has 5 nitrogen and oxygen atoms in total. The Labute approximate surface area is 174 Å². The Balaban J connectivity index is 1.73. The van der Waals surface area contributed by atoms with Crippen molar-refractivity contribution in [2.24, 2.45) is 4.99 Å². The first-order chi connectivity index (χ1) is 14.2. The molecule has 0 spiro atoms. The first-order valence-electron chi connectivity index (χ1n) is 10.5. The number of methoxy groups -OCH3 is 1. The largest absolute Gasteiger partial charge is 0.497 e. The van der Waals surface area contributed by atoms with Gasteiger partial charge in [0.25, 0.3) is 5.91 Å². The summed E-state index contributed by atoms with van der Waals surface area (Å²) in [6.07, 6.45) is 9.04. The molecule has 0 saturated carbocycles. The van der Waals surface area contributed by atoms with E-state index in [1.807, 2.05) is 23.5 Å². The maximum Gasteiger partial charge on any atom is 0.278 e. The number of aryl methyl sites for hydroxylation is 3. The van der Waals surface area contributed by atoms with Crippen molar-refractivity contribution >= 4 is 27.5 Å². The lowest BCUT2D eigenvalue weighted by molar-refractivity contribution is 0.0997. The summed E-state index contributed by atoms with van der Waals surface area (Å²) in [5.41, 5.74) is 2.79. The molecule has 3 aromatic rings. The molecule has 1 aliphatic heterocycles. The molecule has 1 aliphatic carbocycles. The van der Waals surface area contributed by atoms with Gasteiger partial charge in [-0.3, -0.25) is 4.79 Å². The maximum atomic E-state index is 13.1. The second kappa shape index (κ2) is 7.75. The SMILES string of the molecule is COc1ccc(C(=O)N=c2c3c4c(sc3nc3n2CCCCC3)CCCC4)cc1. The van der Waals surface area contributed by atoms with Crippen LogP contribution in [0.5, 0.6) is 5.75 Å². The van der Waals surface area contributed by atoms with E-state index in [0.29, 0.717) is 5.56 Å². The van der Waals surface area contributed by atoms with E-state index in [9.17, 15) is 4.79 Å². The van der Waals surface area contributed by atoms with Gasteiger partial charge in [-0.15, -0.1) is 11.3 Å². The molecular weight excluding hydrogens is 382 g/mol. The normalized spacial score (nSPS) is 16.9. The van der Waals surface area contributed by atoms with Crippen LogP contribution < -0.4 is 10.2 Å². The fraction of sp³-hybridized carbons (Fsp3) is 0.435. The number of nitrogens with zero attached hydrogens (tertiary/aromatic N) is 3. The predicted octanol–water partition coefficient (Wildman–Crippen LogP) is 4.45. The zero-order valence-electron chi connectivity index (χ0n) is 16.7. The summed E-state index contributed by atoms with van der Waals surface area (Å²) in [6.45, 7) is 0.887. The molecule has 2 aromatic heterocycles. The fourth-order valence-corrected chi connectivity index (χ4v) is 5.74. The zero-order chi connectivity index (χ0) is 19.8. The van der Waals surface area contributed by atoms with Crippen LogP contribution in [0.1, 0.15) is 58.7 Å². The first kappa shape index (κ1) is 18.6. The molecule has 2 aliphatic rings. The van der Waals surface area contributed by atoms with Crippen molar-refractivity contribution in [3.05, 3.63) is 51.6 Å². The van der Waals surface area contributed by atoms with Crippen LogP contribution in [0.3, 0.4) is 0 Å². The highest BCUT2D eigenvalue weighted by Crippen LogP contribution is 2.34. The summed E-state index contributed by atoms with van der Waals surface area (Å²) in [7, 11) is 1.63. The molecule has 1 aromatic carbocycles. The van der Waals surface area contributed by atoms with Gasteiger partial charge in [-0.25, -0.2) is 4.98 Å². The van der Waals surface area contributed by atoms with Gasteiger partial charge in [0, 0.05) is 23.4 Å². The Bertz CT molecular complexity index is 1140. The lowest BCUT2D eigenvalue weighted by atomic mass is 9.97. The minimum absolute atomic E-state index is 0.199. The van der Waals surface area contributed by atoms with E-state index in [2.05, 4.69) is 4.57 Å². The molecule has 5 rings (SSSR count). The van der Waals surface area contributed by atoms with Crippen LogP contribution in [-0.4, -0.2) is 22.6 Å². The van der Waals surface area contributed by atoms with Crippen LogP contribution in [0, 0.1) is 0 Å². The summed E-state index contributed by atoms with van der Waals surface area (Å²) in [6, 6.07) is 7.20. The van der Waals surface area contributed by atoms with E-state index in [-0.39, 0.29) is 5.91 Å². The van der Waals surface area contributed by atoms with Crippen LogP contribution >= 0.6 is 11.3 Å². The standard InChI is InChI=1S/C23H25N3O2S/c1-28-16-12-10-15(11-13-16)22(27)25-21-20-17-7-4-5-8-18(17)29-23(20)24-19-9-3-2-6-14-26(19)21/h10-13H,2-9,14H2,1H3. The second-order valence-corrected chi connectivity index (χ2v) is 8.93. The lowest BCUT2D eigenvalue weighted by Crippen LogP contribution is -2.27. The van der Waals surface area contributed by atoms with Crippen LogP contribution in [0.4, 0.5) is 0 Å². The quantitative estimate of drug-likeness (QED) is 0.630. The van der Waals surface area contributed by atoms with Crippen molar-refractivity contribution in [2.45, 2.75) is 57.9 Å². The van der Waals surface area contributed by atoms with E-state index in [1.165, 1.54) is 29.7 Å². The van der Waals surface area contributed by atoms with Gasteiger partial charge in [0.1, 0.15) is 21.9 Å². The molecule has 3 heterocycles. The zero-order valence-corrected chi connectivity index (χ0v) is 17.6. The van der Waals surface area contributed by atoms with Gasteiger partial charge >= 0.3 is 0 Å². The van der Waals surface area contributed by atoms with Gasteiger partial charge in [-0.05, 0) is 68.4 Å². The number of thiophene rings is 1. The molecule has 29 heavy (non-hydrogen) atoms. The minimum Gasteiger partial charge on any atom is -0.497 e. The minimum atomic E-state index is -0.199. The maximum absolute atomic E-state index is 13.1. The Kier molecular flexibility index (Phi) is 4.96. The number of carbonyl (C=O) groups excluding carboxylic acids is 1. The van der Waals surface area contributed by atoms with Crippen molar-refractivity contribution in [2.75, 3.05) is 7.11 Å². The average Bonchev–Trinajstić information content (AvgIpc) is 2.95. The van der Waals surface area contributed by atoms with E-state index in [1.54, 1.807) is 19.2 Å². The van der Waals surface area contributed by atoms with Crippen LogP contribution in [-0.2, 0) is 25.8 Å². The third-order valence-electron chi connectivity index (χ3n) is 6.00. The molecule has 0 saturated heterocycles. The number of rotatable bonds is 2. The predicted molar refractivity (Wildman–Crippen MR) is 115 cm³/mol. The highest BCUT2D eigenvalue weighted by Gasteiger charge is 2.22. The topological polar surface area (TPSA) is 56.5 Å². The van der Waals surface area contributed by atoms with Crippen LogP contribution in [0.2, 0.25) is 0 Å². The molecule has 0 unspecified atom stereocenters. The molecular formula is C23H25N3O2S. The van der Waals surface area contributed by atoms with Crippen LogP contribution in [0.25, 0.3) is 10.2 Å². The molecule has 0 radical (unpaired) electrons. The monoisotopic (exact) mass is 407 g/mol. The number of fused-ring (bicyclic) bond motifs is 4. The average molecular weight is 408 g/mol. The Morgan fingerprint density at radius 3 is 2.69 bits per heavy atom. The number of hydrogen-bond acceptors (Lipinski definition) is 4. The van der Waals surface area contributed by atoms with E-state index < -0.39 is 0 Å². The van der Waals surface area contributed by atoms with Gasteiger partial charge < -0.3 is 9.30 Å². The van der Waals surface area contributed by atoms with Crippen molar-refractivity contribution in [1.29, 1.82) is 0 Å². The van der Waals surface area contributed by atoms with E-state index in [0.717, 1.165) is 65.9 Å². The van der Waals surface area contributed by atoms with Gasteiger partial charge in [-0.1, -0.05) is 6.42 Å². The van der Waals surface area contributed by atoms with Gasteiger partial charge in [0.15, 0.2) is 0 Å². The summed E-state index contributed by atoms with van der Waals surface area (Å²) in [5.74, 6) is 1.62. The highest BCUT2D eigenvalue weighted by molar-refractivity contribution is 7.18. The molecule has 0 atom stereocenters. The van der Waals surface area contributed by atoms with Crippen molar-refractivity contribution in [3.63, 3.8) is 0 Å². The van der Waals surface area contributed by atoms with Crippen LogP contribution in [0.15, 0.2) is 29.3 Å².